The maximum Gasteiger partial charge on any atom is 0.338 e. The molecule has 0 fully saturated rings. The zero-order chi connectivity index (χ0) is 34.4. The molecule has 4 aromatic rings. The summed E-state index contributed by atoms with van der Waals surface area (Å²) in [6.45, 7) is 9.92. The summed E-state index contributed by atoms with van der Waals surface area (Å²) < 4.78 is 29.9. The van der Waals surface area contributed by atoms with Gasteiger partial charge in [-0.2, -0.15) is 0 Å². The van der Waals surface area contributed by atoms with Crippen molar-refractivity contribution in [2.24, 2.45) is 4.99 Å². The average molecular weight is 671 g/mol. The van der Waals surface area contributed by atoms with Crippen LogP contribution in [0, 0.1) is 0 Å². The van der Waals surface area contributed by atoms with Crippen LogP contribution >= 0.6 is 11.3 Å². The molecule has 48 heavy (non-hydrogen) atoms. The predicted molar refractivity (Wildman–Crippen MR) is 182 cm³/mol. The van der Waals surface area contributed by atoms with Crippen LogP contribution in [0.4, 0.5) is 0 Å². The number of nitrogens with zero attached hydrogens (tertiary/aromatic N) is 2. The SMILES string of the molecule is CCOC(=O)C1=C(C)N=c2s/c(=C/c3ccc(OCc4ccc(C(=O)OCC)cc4)cc3)c(=O)n2[C@H]1c1ccc(OC(C)C)c(OC)c1. The Morgan fingerprint density at radius 1 is 0.938 bits per heavy atom. The number of aromatic nitrogens is 1. The number of thiazole rings is 1. The topological polar surface area (TPSA) is 115 Å². The molecule has 3 aromatic carbocycles. The number of ether oxygens (including phenoxy) is 5. The Bertz CT molecular complexity index is 2010. The fraction of sp³-hybridized carbons (Fsp3) is 0.297. The third-order valence-electron chi connectivity index (χ3n) is 7.43. The van der Waals surface area contributed by atoms with Gasteiger partial charge in [-0.15, -0.1) is 0 Å². The van der Waals surface area contributed by atoms with E-state index in [1.807, 2.05) is 56.3 Å². The molecule has 2 heterocycles. The van der Waals surface area contributed by atoms with Crippen LogP contribution in [0.25, 0.3) is 6.08 Å². The normalized spacial score (nSPS) is 14.3. The number of rotatable bonds is 12. The van der Waals surface area contributed by atoms with E-state index in [0.717, 1.165) is 11.1 Å². The minimum atomic E-state index is -0.786. The highest BCUT2D eigenvalue weighted by molar-refractivity contribution is 7.07. The van der Waals surface area contributed by atoms with Gasteiger partial charge in [0, 0.05) is 0 Å². The highest BCUT2D eigenvalue weighted by Crippen LogP contribution is 2.36. The molecule has 1 atom stereocenters. The Kier molecular flexibility index (Phi) is 10.8. The Balaban J connectivity index is 1.44. The average Bonchev–Trinajstić information content (AvgIpc) is 3.37. The van der Waals surface area contributed by atoms with E-state index >= 15 is 0 Å². The molecule has 1 aromatic heterocycles. The Morgan fingerprint density at radius 2 is 1.62 bits per heavy atom. The highest BCUT2D eigenvalue weighted by atomic mass is 32.1. The molecule has 0 N–H and O–H groups in total. The second-order valence-electron chi connectivity index (χ2n) is 11.2. The van der Waals surface area contributed by atoms with Gasteiger partial charge in [0.25, 0.3) is 5.56 Å². The van der Waals surface area contributed by atoms with Gasteiger partial charge < -0.3 is 23.7 Å². The van der Waals surface area contributed by atoms with E-state index < -0.39 is 12.0 Å². The van der Waals surface area contributed by atoms with Gasteiger partial charge in [-0.1, -0.05) is 41.7 Å². The third kappa shape index (κ3) is 7.52. The molecule has 0 spiro atoms. The number of carbonyl (C=O) groups excluding carboxylic acids is 2. The first-order valence-corrected chi connectivity index (χ1v) is 16.5. The molecule has 250 valence electrons. The van der Waals surface area contributed by atoms with Gasteiger partial charge in [-0.3, -0.25) is 9.36 Å². The van der Waals surface area contributed by atoms with Crippen molar-refractivity contribution < 1.29 is 33.3 Å². The van der Waals surface area contributed by atoms with Crippen LogP contribution in [0.2, 0.25) is 0 Å². The number of methoxy groups -OCH3 is 1. The summed E-state index contributed by atoms with van der Waals surface area (Å²) in [6.07, 6.45) is 1.72. The lowest BCUT2D eigenvalue weighted by Gasteiger charge is -2.25. The fourth-order valence-corrected chi connectivity index (χ4v) is 6.29. The van der Waals surface area contributed by atoms with Gasteiger partial charge in [0.1, 0.15) is 12.4 Å². The van der Waals surface area contributed by atoms with Gasteiger partial charge in [0.15, 0.2) is 16.3 Å². The molecule has 1 aliphatic heterocycles. The van der Waals surface area contributed by atoms with Crippen molar-refractivity contribution in [3.05, 3.63) is 120 Å². The van der Waals surface area contributed by atoms with Crippen LogP contribution in [-0.4, -0.2) is 42.9 Å². The monoisotopic (exact) mass is 670 g/mol. The number of esters is 2. The fourth-order valence-electron chi connectivity index (χ4n) is 5.24. The molecule has 0 unspecified atom stereocenters. The molecular formula is C37H38N2O8S. The third-order valence-corrected chi connectivity index (χ3v) is 8.41. The second-order valence-corrected chi connectivity index (χ2v) is 12.2. The van der Waals surface area contributed by atoms with Crippen LogP contribution in [-0.2, 0) is 20.9 Å². The number of fused-ring (bicyclic) bond motifs is 1. The maximum atomic E-state index is 14.0. The standard InChI is InChI=1S/C37H38N2O8S/c1-7-44-35(41)26-13-9-25(10-14-26)21-46-28-16-11-24(12-17-28)19-31-34(40)39-33(27-15-18-29(47-22(3)4)30(20-27)43-6)32(36(42)45-8-2)23(5)38-37(39)48-31/h9-20,22,33H,7-8,21H2,1-6H3/b31-19+/t33-/m0/s1. The minimum absolute atomic E-state index is 0.0724. The summed E-state index contributed by atoms with van der Waals surface area (Å²) in [4.78, 5) is 44.3. The Labute approximate surface area is 282 Å². The number of benzene rings is 3. The molecule has 0 saturated carbocycles. The quantitative estimate of drug-likeness (QED) is 0.186. The molecule has 0 saturated heterocycles. The van der Waals surface area contributed by atoms with Crippen LogP contribution in [0.5, 0.6) is 17.2 Å². The van der Waals surface area contributed by atoms with Crippen molar-refractivity contribution in [3.8, 4) is 17.2 Å². The summed E-state index contributed by atoms with van der Waals surface area (Å²) in [5, 5.41) is 0. The van der Waals surface area contributed by atoms with E-state index in [9.17, 15) is 14.4 Å². The number of carbonyl (C=O) groups is 2. The van der Waals surface area contributed by atoms with Crippen molar-refractivity contribution in [1.29, 1.82) is 0 Å². The molecule has 0 radical (unpaired) electrons. The minimum Gasteiger partial charge on any atom is -0.493 e. The van der Waals surface area contributed by atoms with E-state index in [1.54, 1.807) is 58.2 Å². The zero-order valence-electron chi connectivity index (χ0n) is 27.8. The number of hydrogen-bond acceptors (Lipinski definition) is 10. The molecule has 11 heteroatoms. The Hall–Kier alpha value is -5.16. The van der Waals surface area contributed by atoms with Crippen LogP contribution < -0.4 is 29.1 Å². The van der Waals surface area contributed by atoms with E-state index in [-0.39, 0.29) is 29.8 Å². The molecule has 5 rings (SSSR count). The van der Waals surface area contributed by atoms with Crippen molar-refractivity contribution in [2.45, 2.75) is 53.4 Å². The van der Waals surface area contributed by atoms with Crippen molar-refractivity contribution >= 4 is 29.4 Å². The Morgan fingerprint density at radius 3 is 2.27 bits per heavy atom. The van der Waals surface area contributed by atoms with E-state index in [2.05, 4.69) is 4.99 Å². The number of hydrogen-bond donors (Lipinski definition) is 0. The van der Waals surface area contributed by atoms with Crippen LogP contribution in [0.15, 0.2) is 87.8 Å². The first kappa shape index (κ1) is 34.2. The second kappa shape index (κ2) is 15.2. The first-order valence-electron chi connectivity index (χ1n) is 15.7. The van der Waals surface area contributed by atoms with E-state index in [1.165, 1.54) is 15.9 Å². The van der Waals surface area contributed by atoms with E-state index in [4.69, 9.17) is 23.7 Å². The molecule has 1 aliphatic rings. The summed E-state index contributed by atoms with van der Waals surface area (Å²) in [6, 6.07) is 19.1. The van der Waals surface area contributed by atoms with Gasteiger partial charge in [-0.25, -0.2) is 14.6 Å². The first-order chi connectivity index (χ1) is 23.1. The smallest absolute Gasteiger partial charge is 0.338 e. The van der Waals surface area contributed by atoms with Crippen LogP contribution in [0.3, 0.4) is 0 Å². The van der Waals surface area contributed by atoms with Gasteiger partial charge in [0.05, 0.1) is 53.8 Å². The molecular weight excluding hydrogens is 632 g/mol. The largest absolute Gasteiger partial charge is 0.493 e. The summed E-state index contributed by atoms with van der Waals surface area (Å²) in [5.74, 6) is 0.796. The molecule has 0 amide bonds. The lowest BCUT2D eigenvalue weighted by Crippen LogP contribution is -2.40. The van der Waals surface area contributed by atoms with Crippen molar-refractivity contribution in [1.82, 2.24) is 4.57 Å². The lowest BCUT2D eigenvalue weighted by molar-refractivity contribution is -0.139. The zero-order valence-corrected chi connectivity index (χ0v) is 28.6. The molecule has 0 bridgehead atoms. The molecule has 10 nitrogen and oxygen atoms in total. The summed E-state index contributed by atoms with van der Waals surface area (Å²) in [5.41, 5.74) is 3.32. The highest BCUT2D eigenvalue weighted by Gasteiger charge is 2.34. The van der Waals surface area contributed by atoms with Gasteiger partial charge in [0.2, 0.25) is 0 Å². The van der Waals surface area contributed by atoms with Crippen molar-refractivity contribution in [3.63, 3.8) is 0 Å². The van der Waals surface area contributed by atoms with Gasteiger partial charge >= 0.3 is 11.9 Å². The summed E-state index contributed by atoms with van der Waals surface area (Å²) >= 11 is 1.25. The lowest BCUT2D eigenvalue weighted by atomic mass is 9.95. The predicted octanol–water partition coefficient (Wildman–Crippen LogP) is 5.35. The van der Waals surface area contributed by atoms with Gasteiger partial charge in [-0.05, 0) is 93.8 Å². The van der Waals surface area contributed by atoms with Crippen molar-refractivity contribution in [2.75, 3.05) is 20.3 Å². The number of allylic oxidation sites excluding steroid dienone is 1. The van der Waals surface area contributed by atoms with E-state index in [0.29, 0.717) is 56.6 Å². The summed E-state index contributed by atoms with van der Waals surface area (Å²) in [7, 11) is 1.55. The molecule has 0 aliphatic carbocycles. The maximum absolute atomic E-state index is 14.0. The van der Waals surface area contributed by atoms with Crippen LogP contribution in [0.1, 0.15) is 67.7 Å².